The van der Waals surface area contributed by atoms with E-state index in [2.05, 4.69) is 4.98 Å². The van der Waals surface area contributed by atoms with Crippen LogP contribution in [-0.4, -0.2) is 44.6 Å². The van der Waals surface area contributed by atoms with Crippen molar-refractivity contribution in [2.75, 3.05) is 6.61 Å². The monoisotopic (exact) mass is 344 g/mol. The standard InChI is InChI=1S/C15H21FN2O6/c1-8(2)11(20)23-7-9-15(4,22)14(3,16)12(24-9)18-10(19)5-6-17-13(18)21/h5-6,8-9,12,22H,7H2,1-4H3,(H,17,21)/t9-,12+,14+,15+/m1/s1. The van der Waals surface area contributed by atoms with Gasteiger partial charge in [-0.15, -0.1) is 0 Å². The number of carbonyl (C=O) groups excluding carboxylic acids is 1. The van der Waals surface area contributed by atoms with E-state index in [0.29, 0.717) is 4.57 Å². The van der Waals surface area contributed by atoms with Gasteiger partial charge in [-0.25, -0.2) is 13.8 Å². The van der Waals surface area contributed by atoms with Gasteiger partial charge in [0.05, 0.1) is 5.92 Å². The highest BCUT2D eigenvalue weighted by atomic mass is 19.1. The van der Waals surface area contributed by atoms with E-state index in [-0.39, 0.29) is 0 Å². The molecule has 1 aromatic heterocycles. The molecular weight excluding hydrogens is 323 g/mol. The van der Waals surface area contributed by atoms with Crippen LogP contribution in [-0.2, 0) is 14.3 Å². The average Bonchev–Trinajstić information content (AvgIpc) is 2.64. The number of esters is 1. The number of rotatable bonds is 4. The largest absolute Gasteiger partial charge is 0.463 e. The second-order valence-corrected chi connectivity index (χ2v) is 6.48. The fraction of sp³-hybridized carbons (Fsp3) is 0.667. The molecule has 2 heterocycles. The van der Waals surface area contributed by atoms with E-state index in [9.17, 15) is 19.5 Å². The number of aliphatic hydroxyl groups is 1. The lowest BCUT2D eigenvalue weighted by atomic mass is 9.84. The number of nitrogens with one attached hydrogen (secondary N) is 1. The average molecular weight is 344 g/mol. The highest BCUT2D eigenvalue weighted by molar-refractivity contribution is 5.71. The minimum Gasteiger partial charge on any atom is -0.463 e. The third-order valence-corrected chi connectivity index (χ3v) is 4.35. The lowest BCUT2D eigenvalue weighted by Gasteiger charge is -2.32. The first-order valence-electron chi connectivity index (χ1n) is 7.53. The molecule has 8 nitrogen and oxygen atoms in total. The molecule has 24 heavy (non-hydrogen) atoms. The Bertz CT molecular complexity index is 708. The van der Waals surface area contributed by atoms with Gasteiger partial charge in [0.1, 0.15) is 18.3 Å². The second kappa shape index (κ2) is 6.14. The third kappa shape index (κ3) is 2.89. The van der Waals surface area contributed by atoms with Crippen LogP contribution in [0.15, 0.2) is 21.9 Å². The van der Waals surface area contributed by atoms with Crippen molar-refractivity contribution in [2.24, 2.45) is 5.92 Å². The number of carbonyl (C=O) groups is 1. The maximum absolute atomic E-state index is 15.2. The zero-order valence-electron chi connectivity index (χ0n) is 13.9. The summed E-state index contributed by atoms with van der Waals surface area (Å²) in [5, 5.41) is 10.5. The van der Waals surface area contributed by atoms with Crippen molar-refractivity contribution in [1.29, 1.82) is 0 Å². The number of aromatic amines is 1. The minimum absolute atomic E-state index is 0.400. The summed E-state index contributed by atoms with van der Waals surface area (Å²) < 4.78 is 26.2. The summed E-state index contributed by atoms with van der Waals surface area (Å²) in [6.45, 7) is 5.05. The third-order valence-electron chi connectivity index (χ3n) is 4.35. The summed E-state index contributed by atoms with van der Waals surface area (Å²) >= 11 is 0. The van der Waals surface area contributed by atoms with E-state index in [1.165, 1.54) is 6.92 Å². The van der Waals surface area contributed by atoms with Gasteiger partial charge in [-0.2, -0.15) is 0 Å². The normalized spacial score (nSPS) is 33.0. The summed E-state index contributed by atoms with van der Waals surface area (Å²) in [4.78, 5) is 37.6. The molecule has 1 aliphatic heterocycles. The first-order chi connectivity index (χ1) is 11.0. The Morgan fingerprint density at radius 3 is 2.67 bits per heavy atom. The molecular formula is C15H21FN2O6. The molecule has 1 fully saturated rings. The van der Waals surface area contributed by atoms with Crippen molar-refractivity contribution in [1.82, 2.24) is 9.55 Å². The van der Waals surface area contributed by atoms with E-state index in [1.54, 1.807) is 13.8 Å². The number of aromatic nitrogens is 2. The van der Waals surface area contributed by atoms with Crippen LogP contribution >= 0.6 is 0 Å². The van der Waals surface area contributed by atoms with Crippen molar-refractivity contribution in [3.8, 4) is 0 Å². The quantitative estimate of drug-likeness (QED) is 0.750. The lowest BCUT2D eigenvalue weighted by molar-refractivity contribution is -0.157. The van der Waals surface area contributed by atoms with Crippen LogP contribution in [0.25, 0.3) is 0 Å². The van der Waals surface area contributed by atoms with Gasteiger partial charge in [0.2, 0.25) is 0 Å². The Kier molecular flexibility index (Phi) is 4.69. The number of halogens is 1. The zero-order valence-corrected chi connectivity index (χ0v) is 13.9. The summed E-state index contributed by atoms with van der Waals surface area (Å²) in [5.41, 5.74) is -6.20. The molecule has 0 aliphatic carbocycles. The van der Waals surface area contributed by atoms with E-state index in [0.717, 1.165) is 19.2 Å². The summed E-state index contributed by atoms with van der Waals surface area (Å²) in [7, 11) is 0. The molecule has 2 rings (SSSR count). The molecule has 0 amide bonds. The molecule has 2 N–H and O–H groups in total. The van der Waals surface area contributed by atoms with Crippen molar-refractivity contribution in [3.05, 3.63) is 33.1 Å². The Balaban J connectivity index is 2.35. The van der Waals surface area contributed by atoms with Gasteiger partial charge in [0.25, 0.3) is 5.56 Å². The molecule has 0 saturated carbocycles. The molecule has 0 bridgehead atoms. The van der Waals surface area contributed by atoms with Crippen molar-refractivity contribution >= 4 is 5.97 Å². The number of hydrogen-bond donors (Lipinski definition) is 2. The first kappa shape index (κ1) is 18.3. The van der Waals surface area contributed by atoms with Crippen molar-refractivity contribution < 1.29 is 23.8 Å². The van der Waals surface area contributed by atoms with Gasteiger partial charge in [-0.05, 0) is 13.8 Å². The van der Waals surface area contributed by atoms with Crippen LogP contribution in [0.2, 0.25) is 0 Å². The van der Waals surface area contributed by atoms with Crippen LogP contribution in [0.3, 0.4) is 0 Å². The number of hydrogen-bond acceptors (Lipinski definition) is 6. The Labute approximate surface area is 137 Å². The summed E-state index contributed by atoms with van der Waals surface area (Å²) in [6.07, 6.45) is -1.77. The molecule has 0 unspecified atom stereocenters. The fourth-order valence-corrected chi connectivity index (χ4v) is 2.47. The summed E-state index contributed by atoms with van der Waals surface area (Å²) in [5.74, 6) is -0.934. The van der Waals surface area contributed by atoms with Crippen LogP contribution in [0.5, 0.6) is 0 Å². The maximum atomic E-state index is 15.2. The second-order valence-electron chi connectivity index (χ2n) is 6.48. The maximum Gasteiger partial charge on any atom is 0.330 e. The van der Waals surface area contributed by atoms with Crippen LogP contribution in [0, 0.1) is 5.92 Å². The molecule has 134 valence electrons. The topological polar surface area (TPSA) is 111 Å². The van der Waals surface area contributed by atoms with Gasteiger partial charge in [0, 0.05) is 12.3 Å². The molecule has 1 aliphatic rings. The Morgan fingerprint density at radius 1 is 1.50 bits per heavy atom. The highest BCUT2D eigenvalue weighted by Gasteiger charge is 2.64. The van der Waals surface area contributed by atoms with Crippen LogP contribution in [0.1, 0.15) is 33.9 Å². The van der Waals surface area contributed by atoms with Gasteiger partial charge >= 0.3 is 11.7 Å². The van der Waals surface area contributed by atoms with E-state index < -0.39 is 53.3 Å². The van der Waals surface area contributed by atoms with Crippen LogP contribution in [0.4, 0.5) is 4.39 Å². The number of nitrogens with zero attached hydrogens (tertiary/aromatic N) is 1. The number of H-pyrrole nitrogens is 1. The summed E-state index contributed by atoms with van der Waals surface area (Å²) in [6, 6.07) is 1.04. The molecule has 0 aromatic carbocycles. The van der Waals surface area contributed by atoms with Gasteiger partial charge in [-0.3, -0.25) is 9.59 Å². The number of alkyl halides is 1. The zero-order chi connectivity index (χ0) is 18.3. The van der Waals surface area contributed by atoms with E-state index in [4.69, 9.17) is 9.47 Å². The van der Waals surface area contributed by atoms with Gasteiger partial charge < -0.3 is 19.6 Å². The molecule has 0 spiro atoms. The lowest BCUT2D eigenvalue weighted by Crippen LogP contribution is -2.54. The highest BCUT2D eigenvalue weighted by Crippen LogP contribution is 2.47. The Hall–Kier alpha value is -2.00. The smallest absolute Gasteiger partial charge is 0.330 e. The number of ether oxygens (including phenoxy) is 2. The van der Waals surface area contributed by atoms with Gasteiger partial charge in [0.15, 0.2) is 11.9 Å². The SMILES string of the molecule is CC(C)C(=O)OC[C@H]1O[C@H](n2c(=O)cc[nH]c2=O)[C@](C)(F)[C@@]1(C)O. The van der Waals surface area contributed by atoms with Crippen molar-refractivity contribution in [2.45, 2.75) is 51.3 Å². The van der Waals surface area contributed by atoms with Crippen molar-refractivity contribution in [3.63, 3.8) is 0 Å². The van der Waals surface area contributed by atoms with E-state index in [1.807, 2.05) is 0 Å². The molecule has 1 saturated heterocycles. The Morgan fingerprint density at radius 2 is 2.12 bits per heavy atom. The molecule has 1 aromatic rings. The first-order valence-corrected chi connectivity index (χ1v) is 7.53. The molecule has 9 heteroatoms. The van der Waals surface area contributed by atoms with E-state index >= 15 is 4.39 Å². The molecule has 0 radical (unpaired) electrons. The van der Waals surface area contributed by atoms with Crippen LogP contribution < -0.4 is 11.2 Å². The molecule has 4 atom stereocenters. The minimum atomic E-state index is -2.47. The predicted molar refractivity (Wildman–Crippen MR) is 81.2 cm³/mol. The van der Waals surface area contributed by atoms with Gasteiger partial charge in [-0.1, -0.05) is 13.8 Å². The fourth-order valence-electron chi connectivity index (χ4n) is 2.47. The predicted octanol–water partition coefficient (Wildman–Crippen LogP) is 0.112.